The van der Waals surface area contributed by atoms with Crippen molar-refractivity contribution >= 4 is 23.2 Å². The van der Waals surface area contributed by atoms with E-state index >= 15 is 0 Å². The van der Waals surface area contributed by atoms with Crippen LogP contribution in [0.3, 0.4) is 0 Å². The van der Waals surface area contributed by atoms with Gasteiger partial charge in [0.15, 0.2) is 0 Å². The van der Waals surface area contributed by atoms with Crippen molar-refractivity contribution in [2.24, 2.45) is 0 Å². The summed E-state index contributed by atoms with van der Waals surface area (Å²) in [6, 6.07) is 23.1. The zero-order chi connectivity index (χ0) is 24.9. The summed E-state index contributed by atoms with van der Waals surface area (Å²) in [6.45, 7) is 9.56. The average molecular weight is 502 g/mol. The molecule has 0 radical (unpaired) electrons. The second-order valence-corrected chi connectivity index (χ2v) is 10.8. The van der Waals surface area contributed by atoms with Crippen molar-refractivity contribution in [2.75, 3.05) is 6.54 Å². The lowest BCUT2D eigenvalue weighted by Crippen LogP contribution is -2.41. The summed E-state index contributed by atoms with van der Waals surface area (Å²) in [5.41, 5.74) is 4.31. The van der Waals surface area contributed by atoms with Crippen LogP contribution in [0.2, 0.25) is 0 Å². The molecule has 4 unspecified atom stereocenters. The minimum absolute atomic E-state index is 0.100. The van der Waals surface area contributed by atoms with Gasteiger partial charge in [0.25, 0.3) is 0 Å². The number of hydrogen-bond acceptors (Lipinski definition) is 2. The Kier molecular flexibility index (Phi) is 13.1. The minimum atomic E-state index is 0.100. The molecule has 2 nitrogen and oxygen atoms in total. The van der Waals surface area contributed by atoms with Gasteiger partial charge in [0.2, 0.25) is 0 Å². The topological polar surface area (TPSA) is 27.0 Å². The maximum Gasteiger partial charge on any atom is 0.0587 e. The Morgan fingerprint density at radius 1 is 0.941 bits per heavy atom. The van der Waals surface area contributed by atoms with E-state index in [0.717, 1.165) is 38.6 Å². The van der Waals surface area contributed by atoms with Gasteiger partial charge in [-0.3, -0.25) is 4.90 Å². The summed E-state index contributed by atoms with van der Waals surface area (Å²) in [5, 5.41) is 7.55. The average Bonchev–Trinajstić information content (AvgIpc) is 2.84. The highest BCUT2D eigenvalue weighted by Crippen LogP contribution is 2.37. The maximum atomic E-state index is 7.32. The fourth-order valence-corrected chi connectivity index (χ4v) is 5.61. The summed E-state index contributed by atoms with van der Waals surface area (Å²) in [4.78, 5) is 2.70. The SMILES string of the molecule is CC#N.CCC(CCc1ccc(C2CCC(Cl)C(Cl)C2)cc1)N(CCc1ccccc1)C(C)C. The van der Waals surface area contributed by atoms with Crippen molar-refractivity contribution in [3.05, 3.63) is 71.3 Å². The summed E-state index contributed by atoms with van der Waals surface area (Å²) in [6.07, 6.45) is 7.84. The van der Waals surface area contributed by atoms with Gasteiger partial charge in [0.1, 0.15) is 0 Å². The number of rotatable bonds is 10. The van der Waals surface area contributed by atoms with Crippen molar-refractivity contribution in [2.45, 2.75) is 101 Å². The van der Waals surface area contributed by atoms with Crippen LogP contribution in [0.15, 0.2) is 54.6 Å². The Hall–Kier alpha value is -1.53. The van der Waals surface area contributed by atoms with Crippen molar-refractivity contribution in [1.29, 1.82) is 5.26 Å². The normalized spacial score (nSPS) is 21.0. The molecular formula is C30H42Cl2N2. The van der Waals surface area contributed by atoms with Crippen LogP contribution in [0.5, 0.6) is 0 Å². The summed E-state index contributed by atoms with van der Waals surface area (Å²) in [7, 11) is 0. The van der Waals surface area contributed by atoms with Crippen molar-refractivity contribution < 1.29 is 0 Å². The van der Waals surface area contributed by atoms with E-state index in [0.29, 0.717) is 18.0 Å². The molecule has 0 amide bonds. The molecule has 0 aromatic heterocycles. The molecule has 1 fully saturated rings. The lowest BCUT2D eigenvalue weighted by Gasteiger charge is -2.35. The summed E-state index contributed by atoms with van der Waals surface area (Å²) in [5.74, 6) is 0.560. The molecule has 4 atom stereocenters. The number of alkyl halides is 2. The molecule has 0 aliphatic heterocycles. The molecule has 1 aliphatic carbocycles. The number of benzene rings is 2. The largest absolute Gasteiger partial charge is 0.298 e. The smallest absolute Gasteiger partial charge is 0.0587 e. The van der Waals surface area contributed by atoms with Crippen molar-refractivity contribution in [1.82, 2.24) is 4.90 Å². The van der Waals surface area contributed by atoms with Crippen LogP contribution in [0, 0.1) is 11.3 Å². The lowest BCUT2D eigenvalue weighted by atomic mass is 9.83. The van der Waals surface area contributed by atoms with Crippen LogP contribution in [-0.2, 0) is 12.8 Å². The van der Waals surface area contributed by atoms with Gasteiger partial charge in [-0.1, -0.05) is 61.5 Å². The van der Waals surface area contributed by atoms with E-state index in [9.17, 15) is 0 Å². The van der Waals surface area contributed by atoms with E-state index in [4.69, 9.17) is 28.5 Å². The van der Waals surface area contributed by atoms with Crippen molar-refractivity contribution in [3.63, 3.8) is 0 Å². The highest BCUT2D eigenvalue weighted by atomic mass is 35.5. The van der Waals surface area contributed by atoms with Gasteiger partial charge in [0, 0.05) is 30.9 Å². The second-order valence-electron chi connectivity index (χ2n) is 9.68. The fraction of sp³-hybridized carbons (Fsp3) is 0.567. The summed E-state index contributed by atoms with van der Waals surface area (Å²) >= 11 is 12.7. The molecule has 186 valence electrons. The molecule has 0 bridgehead atoms. The third-order valence-corrected chi connectivity index (χ3v) is 8.15. The molecule has 1 aliphatic rings. The van der Waals surface area contributed by atoms with E-state index in [1.54, 1.807) is 6.07 Å². The third kappa shape index (κ3) is 9.26. The van der Waals surface area contributed by atoms with E-state index < -0.39 is 0 Å². The molecule has 2 aromatic carbocycles. The van der Waals surface area contributed by atoms with Crippen LogP contribution in [0.1, 0.15) is 82.4 Å². The summed E-state index contributed by atoms with van der Waals surface area (Å²) < 4.78 is 0. The predicted octanol–water partition coefficient (Wildman–Crippen LogP) is 8.36. The van der Waals surface area contributed by atoms with E-state index in [1.807, 2.05) is 0 Å². The van der Waals surface area contributed by atoms with Gasteiger partial charge >= 0.3 is 0 Å². The molecule has 3 rings (SSSR count). The van der Waals surface area contributed by atoms with E-state index in [2.05, 4.69) is 80.3 Å². The van der Waals surface area contributed by atoms with E-state index in [1.165, 1.54) is 36.5 Å². The Morgan fingerprint density at radius 3 is 2.12 bits per heavy atom. The molecule has 4 heteroatoms. The molecule has 0 spiro atoms. The van der Waals surface area contributed by atoms with Crippen LogP contribution < -0.4 is 0 Å². The first kappa shape index (κ1) is 28.7. The van der Waals surface area contributed by atoms with Crippen molar-refractivity contribution in [3.8, 4) is 6.07 Å². The van der Waals surface area contributed by atoms with Crippen LogP contribution >= 0.6 is 23.2 Å². The van der Waals surface area contributed by atoms with Gasteiger partial charge in [-0.2, -0.15) is 5.26 Å². The van der Waals surface area contributed by atoms with E-state index in [-0.39, 0.29) is 10.8 Å². The number of hydrogen-bond donors (Lipinski definition) is 0. The molecule has 0 N–H and O–H groups in total. The minimum Gasteiger partial charge on any atom is -0.298 e. The Balaban J connectivity index is 0.00000129. The van der Waals surface area contributed by atoms with Crippen LogP contribution in [-0.4, -0.2) is 34.3 Å². The van der Waals surface area contributed by atoms with Crippen LogP contribution in [0.4, 0.5) is 0 Å². The standard InChI is InChI=1S/C28H39Cl2N.C2H3N/c1-4-26(31(21(2)3)19-18-22-8-6-5-7-9-22)16-12-23-10-13-24(14-11-23)25-15-17-27(29)28(30)20-25;1-2-3/h5-11,13-14,21,25-28H,4,12,15-20H2,1-3H3;1H3. The number of halogens is 2. The first-order valence-corrected chi connectivity index (χ1v) is 13.7. The van der Waals surface area contributed by atoms with Gasteiger partial charge in [-0.15, -0.1) is 23.2 Å². The second kappa shape index (κ2) is 15.5. The Labute approximate surface area is 218 Å². The predicted molar refractivity (Wildman–Crippen MR) is 148 cm³/mol. The maximum absolute atomic E-state index is 7.32. The zero-order valence-electron chi connectivity index (χ0n) is 21.4. The van der Waals surface area contributed by atoms with Gasteiger partial charge in [-0.25, -0.2) is 0 Å². The molecule has 34 heavy (non-hydrogen) atoms. The molecule has 0 saturated heterocycles. The quantitative estimate of drug-likeness (QED) is 0.306. The molecule has 2 aromatic rings. The molecule has 0 heterocycles. The van der Waals surface area contributed by atoms with Crippen LogP contribution in [0.25, 0.3) is 0 Å². The Morgan fingerprint density at radius 2 is 1.56 bits per heavy atom. The zero-order valence-corrected chi connectivity index (χ0v) is 22.9. The fourth-order valence-electron chi connectivity index (χ4n) is 5.04. The number of nitrogens with zero attached hydrogens (tertiary/aromatic N) is 2. The number of nitriles is 1. The number of aryl methyl sites for hydroxylation is 1. The monoisotopic (exact) mass is 500 g/mol. The Bertz CT molecular complexity index is 844. The first-order valence-electron chi connectivity index (χ1n) is 12.9. The lowest BCUT2D eigenvalue weighted by molar-refractivity contribution is 0.143. The molecular weight excluding hydrogens is 459 g/mol. The van der Waals surface area contributed by atoms with Gasteiger partial charge in [-0.05, 0) is 81.4 Å². The van der Waals surface area contributed by atoms with Gasteiger partial charge < -0.3 is 0 Å². The highest BCUT2D eigenvalue weighted by Gasteiger charge is 2.28. The third-order valence-electron chi connectivity index (χ3n) is 7.02. The highest BCUT2D eigenvalue weighted by molar-refractivity contribution is 6.30. The first-order chi connectivity index (χ1) is 16.4. The molecule has 1 saturated carbocycles. The van der Waals surface area contributed by atoms with Gasteiger partial charge in [0.05, 0.1) is 11.4 Å².